The predicted octanol–water partition coefficient (Wildman–Crippen LogP) is 1.62. The highest BCUT2D eigenvalue weighted by atomic mass is 16.5. The van der Waals surface area contributed by atoms with Crippen molar-refractivity contribution in [1.29, 1.82) is 0 Å². The molecule has 2 heterocycles. The Labute approximate surface area is 152 Å². The third-order valence-electron chi connectivity index (χ3n) is 4.25. The fourth-order valence-corrected chi connectivity index (χ4v) is 2.82. The molecule has 0 bridgehead atoms. The number of aromatic nitrogens is 2. The Morgan fingerprint density at radius 3 is 2.42 bits per heavy atom. The van der Waals surface area contributed by atoms with Gasteiger partial charge in [0.05, 0.1) is 12.8 Å². The Morgan fingerprint density at radius 2 is 1.73 bits per heavy atom. The Morgan fingerprint density at radius 1 is 1.00 bits per heavy atom. The number of para-hydroxylation sites is 1. The molecular formula is C19H22N4O3. The molecule has 0 unspecified atom stereocenters. The number of amides is 2. The van der Waals surface area contributed by atoms with Gasteiger partial charge >= 0.3 is 0 Å². The van der Waals surface area contributed by atoms with Gasteiger partial charge in [0.15, 0.2) is 0 Å². The molecule has 136 valence electrons. The van der Waals surface area contributed by atoms with Crippen LogP contribution >= 0.6 is 0 Å². The topological polar surface area (TPSA) is 75.6 Å². The Kier molecular flexibility index (Phi) is 6.14. The number of ether oxygens (including phenoxy) is 1. The lowest BCUT2D eigenvalue weighted by atomic mass is 10.2. The lowest BCUT2D eigenvalue weighted by molar-refractivity contribution is -0.132. The highest BCUT2D eigenvalue weighted by Gasteiger charge is 2.25. The van der Waals surface area contributed by atoms with Gasteiger partial charge < -0.3 is 14.5 Å². The summed E-state index contributed by atoms with van der Waals surface area (Å²) in [7, 11) is 0. The van der Waals surface area contributed by atoms with E-state index in [1.807, 2.05) is 35.2 Å². The number of carbonyl (C=O) groups excluding carboxylic acids is 2. The maximum atomic E-state index is 12.3. The summed E-state index contributed by atoms with van der Waals surface area (Å²) >= 11 is 0. The van der Waals surface area contributed by atoms with Crippen molar-refractivity contribution in [3.8, 4) is 5.75 Å². The standard InChI is InChI=1S/C19H22N4O3/c24-18(7-4-14-26-16-5-2-1-3-6-16)22-10-12-23(13-11-22)19(25)17-15-20-8-9-21-17/h1-3,5-6,8-9,15H,4,7,10-14H2. The zero-order valence-electron chi connectivity index (χ0n) is 14.6. The molecule has 0 aliphatic carbocycles. The van der Waals surface area contributed by atoms with E-state index in [1.165, 1.54) is 18.6 Å². The Bertz CT molecular complexity index is 716. The van der Waals surface area contributed by atoms with E-state index < -0.39 is 0 Å². The van der Waals surface area contributed by atoms with Crippen LogP contribution in [0.25, 0.3) is 0 Å². The number of hydrogen-bond donors (Lipinski definition) is 0. The first-order chi connectivity index (χ1) is 12.7. The maximum absolute atomic E-state index is 12.3. The normalized spacial score (nSPS) is 14.2. The third-order valence-corrected chi connectivity index (χ3v) is 4.25. The van der Waals surface area contributed by atoms with Crippen LogP contribution in [0.5, 0.6) is 5.75 Å². The molecule has 0 spiro atoms. The molecule has 1 saturated heterocycles. The minimum absolute atomic E-state index is 0.105. The van der Waals surface area contributed by atoms with E-state index in [2.05, 4.69) is 9.97 Å². The number of carbonyl (C=O) groups is 2. The zero-order chi connectivity index (χ0) is 18.2. The van der Waals surface area contributed by atoms with Crippen LogP contribution in [0.15, 0.2) is 48.9 Å². The molecule has 0 N–H and O–H groups in total. The lowest BCUT2D eigenvalue weighted by Crippen LogP contribution is -2.50. The molecule has 7 nitrogen and oxygen atoms in total. The molecule has 1 aromatic heterocycles. The fraction of sp³-hybridized carbons (Fsp3) is 0.368. The molecule has 1 aliphatic rings. The SMILES string of the molecule is O=C(CCCOc1ccccc1)N1CCN(C(=O)c2cnccn2)CC1. The van der Waals surface area contributed by atoms with Crippen molar-refractivity contribution in [3.05, 3.63) is 54.6 Å². The van der Waals surface area contributed by atoms with Gasteiger partial charge in [-0.1, -0.05) is 18.2 Å². The van der Waals surface area contributed by atoms with Crippen molar-refractivity contribution in [2.24, 2.45) is 0 Å². The van der Waals surface area contributed by atoms with E-state index in [1.54, 1.807) is 4.90 Å². The average molecular weight is 354 g/mol. The van der Waals surface area contributed by atoms with Gasteiger partial charge in [0.1, 0.15) is 11.4 Å². The summed E-state index contributed by atoms with van der Waals surface area (Å²) < 4.78 is 5.60. The monoisotopic (exact) mass is 354 g/mol. The molecule has 0 saturated carbocycles. The van der Waals surface area contributed by atoms with Crippen molar-refractivity contribution < 1.29 is 14.3 Å². The lowest BCUT2D eigenvalue weighted by Gasteiger charge is -2.34. The second-order valence-corrected chi connectivity index (χ2v) is 6.03. The van der Waals surface area contributed by atoms with Crippen molar-refractivity contribution in [3.63, 3.8) is 0 Å². The van der Waals surface area contributed by atoms with E-state index in [4.69, 9.17) is 4.74 Å². The van der Waals surface area contributed by atoms with Gasteiger partial charge in [-0.05, 0) is 18.6 Å². The van der Waals surface area contributed by atoms with Gasteiger partial charge in [0.2, 0.25) is 5.91 Å². The Hall–Kier alpha value is -2.96. The van der Waals surface area contributed by atoms with Crippen molar-refractivity contribution >= 4 is 11.8 Å². The summed E-state index contributed by atoms with van der Waals surface area (Å²) in [6.07, 6.45) is 5.63. The molecular weight excluding hydrogens is 332 g/mol. The molecule has 0 radical (unpaired) electrons. The molecule has 0 atom stereocenters. The second-order valence-electron chi connectivity index (χ2n) is 6.03. The summed E-state index contributed by atoms with van der Waals surface area (Å²) in [6, 6.07) is 9.57. The first kappa shape index (κ1) is 17.8. The summed E-state index contributed by atoms with van der Waals surface area (Å²) in [5.41, 5.74) is 0.338. The smallest absolute Gasteiger partial charge is 0.274 e. The van der Waals surface area contributed by atoms with E-state index in [0.29, 0.717) is 51.3 Å². The zero-order valence-corrected chi connectivity index (χ0v) is 14.6. The van der Waals surface area contributed by atoms with Gasteiger partial charge in [0, 0.05) is 45.0 Å². The number of benzene rings is 1. The van der Waals surface area contributed by atoms with E-state index in [-0.39, 0.29) is 11.8 Å². The summed E-state index contributed by atoms with van der Waals surface area (Å²) in [5, 5.41) is 0. The van der Waals surface area contributed by atoms with Gasteiger partial charge in [-0.25, -0.2) is 4.98 Å². The largest absolute Gasteiger partial charge is 0.494 e. The highest BCUT2D eigenvalue weighted by Crippen LogP contribution is 2.11. The number of rotatable bonds is 6. The minimum Gasteiger partial charge on any atom is -0.494 e. The van der Waals surface area contributed by atoms with Crippen LogP contribution < -0.4 is 4.74 Å². The molecule has 1 aromatic carbocycles. The van der Waals surface area contributed by atoms with Gasteiger partial charge in [-0.3, -0.25) is 14.6 Å². The van der Waals surface area contributed by atoms with E-state index >= 15 is 0 Å². The van der Waals surface area contributed by atoms with Crippen LogP contribution in [0.1, 0.15) is 23.3 Å². The number of hydrogen-bond acceptors (Lipinski definition) is 5. The van der Waals surface area contributed by atoms with Gasteiger partial charge in [-0.15, -0.1) is 0 Å². The van der Waals surface area contributed by atoms with Crippen LogP contribution in [-0.2, 0) is 4.79 Å². The second kappa shape index (κ2) is 8.94. The van der Waals surface area contributed by atoms with Crippen LogP contribution in [0.4, 0.5) is 0 Å². The van der Waals surface area contributed by atoms with Crippen molar-refractivity contribution in [1.82, 2.24) is 19.8 Å². The first-order valence-corrected chi connectivity index (χ1v) is 8.75. The molecule has 2 amide bonds. The van der Waals surface area contributed by atoms with Crippen LogP contribution in [0.3, 0.4) is 0 Å². The molecule has 3 rings (SSSR count). The molecule has 7 heteroatoms. The fourth-order valence-electron chi connectivity index (χ4n) is 2.82. The molecule has 2 aromatic rings. The van der Waals surface area contributed by atoms with Gasteiger partial charge in [0.25, 0.3) is 5.91 Å². The molecule has 26 heavy (non-hydrogen) atoms. The van der Waals surface area contributed by atoms with E-state index in [9.17, 15) is 9.59 Å². The number of nitrogens with zero attached hydrogens (tertiary/aromatic N) is 4. The third kappa shape index (κ3) is 4.78. The molecule has 1 fully saturated rings. The summed E-state index contributed by atoms with van der Waals surface area (Å²) in [5.74, 6) is 0.783. The van der Waals surface area contributed by atoms with Gasteiger partial charge in [-0.2, -0.15) is 0 Å². The van der Waals surface area contributed by atoms with Crippen LogP contribution in [0, 0.1) is 0 Å². The van der Waals surface area contributed by atoms with Crippen molar-refractivity contribution in [2.75, 3.05) is 32.8 Å². The number of piperazine rings is 1. The maximum Gasteiger partial charge on any atom is 0.274 e. The average Bonchev–Trinajstić information content (AvgIpc) is 2.72. The quantitative estimate of drug-likeness (QED) is 0.737. The summed E-state index contributed by atoms with van der Waals surface area (Å²) in [4.78, 5) is 36.1. The Balaban J connectivity index is 1.37. The van der Waals surface area contributed by atoms with E-state index in [0.717, 1.165) is 5.75 Å². The van der Waals surface area contributed by atoms with Crippen LogP contribution in [-0.4, -0.2) is 64.4 Å². The van der Waals surface area contributed by atoms with Crippen molar-refractivity contribution in [2.45, 2.75) is 12.8 Å². The van der Waals surface area contributed by atoms with Crippen LogP contribution in [0.2, 0.25) is 0 Å². The molecule has 1 aliphatic heterocycles. The summed E-state index contributed by atoms with van der Waals surface area (Å²) in [6.45, 7) is 2.64. The minimum atomic E-state index is -0.138. The first-order valence-electron chi connectivity index (χ1n) is 8.75. The highest BCUT2D eigenvalue weighted by molar-refractivity contribution is 5.92. The predicted molar refractivity (Wildman–Crippen MR) is 95.7 cm³/mol.